The minimum absolute atomic E-state index is 0.267. The molecule has 1 N–H and O–H groups in total. The molecule has 1 atom stereocenters. The molecule has 7 nitrogen and oxygen atoms in total. The normalized spacial score (nSPS) is 16.0. The lowest BCUT2D eigenvalue weighted by Crippen LogP contribution is -2.24. The zero-order valence-corrected chi connectivity index (χ0v) is 17.6. The summed E-state index contributed by atoms with van der Waals surface area (Å²) in [6, 6.07) is 22.1. The molecule has 0 radical (unpaired) electrons. The van der Waals surface area contributed by atoms with Gasteiger partial charge in [0.05, 0.1) is 23.6 Å². The fraction of sp³-hybridized carbons (Fsp3) is 0.200. The van der Waals surface area contributed by atoms with Crippen molar-refractivity contribution >= 4 is 11.5 Å². The summed E-state index contributed by atoms with van der Waals surface area (Å²) in [7, 11) is 0. The van der Waals surface area contributed by atoms with Crippen LogP contribution >= 0.6 is 0 Å². The van der Waals surface area contributed by atoms with Gasteiger partial charge in [0.25, 0.3) is 0 Å². The van der Waals surface area contributed by atoms with Crippen molar-refractivity contribution in [1.29, 1.82) is 5.26 Å². The van der Waals surface area contributed by atoms with Crippen LogP contribution in [0.25, 0.3) is 5.82 Å². The van der Waals surface area contributed by atoms with Gasteiger partial charge in [-0.2, -0.15) is 5.26 Å². The van der Waals surface area contributed by atoms with Crippen LogP contribution in [0.4, 0.5) is 11.5 Å². The van der Waals surface area contributed by atoms with Crippen molar-refractivity contribution in [3.63, 3.8) is 0 Å². The summed E-state index contributed by atoms with van der Waals surface area (Å²) < 4.78 is 2.15. The van der Waals surface area contributed by atoms with Crippen molar-refractivity contribution in [2.24, 2.45) is 0 Å². The number of hydrogen-bond acceptors (Lipinski definition) is 6. The second kappa shape index (κ2) is 9.00. The third-order valence-corrected chi connectivity index (χ3v) is 5.72. The van der Waals surface area contributed by atoms with E-state index in [1.54, 1.807) is 12.3 Å². The molecular weight excluding hydrogens is 398 g/mol. The molecule has 158 valence electrons. The van der Waals surface area contributed by atoms with Crippen LogP contribution in [0, 0.1) is 11.3 Å². The number of nitrogens with one attached hydrogen (secondary N) is 1. The first-order valence-corrected chi connectivity index (χ1v) is 10.7. The highest BCUT2D eigenvalue weighted by Crippen LogP contribution is 2.33. The van der Waals surface area contributed by atoms with Crippen LogP contribution in [-0.4, -0.2) is 31.0 Å². The number of rotatable bonds is 6. The highest BCUT2D eigenvalue weighted by molar-refractivity contribution is 5.55. The van der Waals surface area contributed by atoms with Gasteiger partial charge in [-0.15, -0.1) is 0 Å². The van der Waals surface area contributed by atoms with Gasteiger partial charge in [-0.1, -0.05) is 12.1 Å². The fourth-order valence-electron chi connectivity index (χ4n) is 4.21. The Bertz CT molecular complexity index is 1230. The van der Waals surface area contributed by atoms with Gasteiger partial charge in [-0.05, 0) is 67.9 Å². The van der Waals surface area contributed by atoms with Crippen molar-refractivity contribution in [3.8, 4) is 11.9 Å². The summed E-state index contributed by atoms with van der Waals surface area (Å²) in [6.45, 7) is 1.88. The second-order valence-electron chi connectivity index (χ2n) is 7.80. The number of pyridine rings is 3. The molecule has 0 amide bonds. The summed E-state index contributed by atoms with van der Waals surface area (Å²) in [6.07, 6.45) is 7.77. The Kier molecular flexibility index (Phi) is 5.60. The van der Waals surface area contributed by atoms with Gasteiger partial charge in [0.2, 0.25) is 0 Å². The SMILES string of the molecule is N#Cc1ccc(Nc2cccc([C@@H]3CCCN3Cc3cccn3-c3ccccn3)n2)cn1. The maximum atomic E-state index is 8.92. The molecular formula is C25H23N7. The topological polar surface area (TPSA) is 82.7 Å². The van der Waals surface area contributed by atoms with E-state index in [1.807, 2.05) is 48.7 Å². The van der Waals surface area contributed by atoms with Crippen LogP contribution in [0.3, 0.4) is 0 Å². The van der Waals surface area contributed by atoms with Crippen LogP contribution in [0.15, 0.2) is 79.3 Å². The van der Waals surface area contributed by atoms with Gasteiger partial charge in [-0.25, -0.2) is 15.0 Å². The lowest BCUT2D eigenvalue weighted by atomic mass is 10.1. The Hall–Kier alpha value is -4.02. The third-order valence-electron chi connectivity index (χ3n) is 5.72. The van der Waals surface area contributed by atoms with E-state index in [0.29, 0.717) is 5.69 Å². The molecule has 0 unspecified atom stereocenters. The van der Waals surface area contributed by atoms with E-state index in [2.05, 4.69) is 49.1 Å². The smallest absolute Gasteiger partial charge is 0.140 e. The molecule has 5 rings (SSSR count). The molecule has 0 bridgehead atoms. The van der Waals surface area contributed by atoms with Gasteiger partial charge in [0, 0.05) is 24.6 Å². The zero-order chi connectivity index (χ0) is 21.8. The highest BCUT2D eigenvalue weighted by atomic mass is 15.2. The third kappa shape index (κ3) is 4.22. The summed E-state index contributed by atoms with van der Waals surface area (Å²) in [5.41, 5.74) is 3.48. The van der Waals surface area contributed by atoms with Gasteiger partial charge in [-0.3, -0.25) is 4.90 Å². The lowest BCUT2D eigenvalue weighted by molar-refractivity contribution is 0.240. The molecule has 1 saturated heterocycles. The number of likely N-dealkylation sites (tertiary alicyclic amines) is 1. The zero-order valence-electron chi connectivity index (χ0n) is 17.6. The van der Waals surface area contributed by atoms with Crippen molar-refractivity contribution < 1.29 is 0 Å². The number of nitriles is 1. The number of anilines is 2. The first kappa shape index (κ1) is 19.9. The van der Waals surface area contributed by atoms with Gasteiger partial charge < -0.3 is 9.88 Å². The van der Waals surface area contributed by atoms with Crippen LogP contribution in [-0.2, 0) is 6.54 Å². The van der Waals surface area contributed by atoms with Crippen molar-refractivity contribution in [1.82, 2.24) is 24.4 Å². The number of nitrogens with zero attached hydrogens (tertiary/aromatic N) is 6. The predicted octanol–water partition coefficient (Wildman–Crippen LogP) is 4.61. The van der Waals surface area contributed by atoms with E-state index in [9.17, 15) is 0 Å². The van der Waals surface area contributed by atoms with Crippen LogP contribution in [0.1, 0.15) is 36.0 Å². The van der Waals surface area contributed by atoms with Crippen molar-refractivity contribution in [2.75, 3.05) is 11.9 Å². The molecule has 1 aliphatic heterocycles. The average Bonchev–Trinajstić information content (AvgIpc) is 3.50. The Morgan fingerprint density at radius 1 is 1.03 bits per heavy atom. The van der Waals surface area contributed by atoms with E-state index in [0.717, 1.165) is 48.9 Å². The summed E-state index contributed by atoms with van der Waals surface area (Å²) in [5.74, 6) is 1.71. The fourth-order valence-corrected chi connectivity index (χ4v) is 4.21. The van der Waals surface area contributed by atoms with E-state index in [4.69, 9.17) is 10.2 Å². The number of hydrogen-bond donors (Lipinski definition) is 1. The minimum atomic E-state index is 0.267. The monoisotopic (exact) mass is 421 g/mol. The first-order chi connectivity index (χ1) is 15.8. The lowest BCUT2D eigenvalue weighted by Gasteiger charge is -2.25. The molecule has 0 saturated carbocycles. The Labute approximate surface area is 187 Å². The van der Waals surface area contributed by atoms with Crippen molar-refractivity contribution in [3.05, 3.63) is 96.3 Å². The van der Waals surface area contributed by atoms with Crippen LogP contribution in [0.2, 0.25) is 0 Å². The largest absolute Gasteiger partial charge is 0.339 e. The second-order valence-corrected chi connectivity index (χ2v) is 7.80. The average molecular weight is 422 g/mol. The molecule has 5 heterocycles. The van der Waals surface area contributed by atoms with Crippen molar-refractivity contribution in [2.45, 2.75) is 25.4 Å². The Morgan fingerprint density at radius 2 is 2.00 bits per heavy atom. The first-order valence-electron chi connectivity index (χ1n) is 10.7. The quantitative estimate of drug-likeness (QED) is 0.489. The van der Waals surface area contributed by atoms with Gasteiger partial charge >= 0.3 is 0 Å². The molecule has 4 aromatic rings. The van der Waals surface area contributed by atoms with Gasteiger partial charge in [0.15, 0.2) is 0 Å². The predicted molar refractivity (Wildman–Crippen MR) is 122 cm³/mol. The van der Waals surface area contributed by atoms with Gasteiger partial charge in [0.1, 0.15) is 23.4 Å². The highest BCUT2D eigenvalue weighted by Gasteiger charge is 2.28. The summed E-state index contributed by atoms with van der Waals surface area (Å²) in [5, 5.41) is 12.2. The summed E-state index contributed by atoms with van der Waals surface area (Å²) in [4.78, 5) is 16.0. The van der Waals surface area contributed by atoms with E-state index in [-0.39, 0.29) is 6.04 Å². The standard InChI is InChI=1S/C25H23N7/c26-16-19-11-12-20(17-28-19)29-24-9-3-7-22(30-24)23-8-5-14-31(23)18-21-6-4-15-32(21)25-10-1-2-13-27-25/h1-4,6-7,9-13,15,17,23H,5,8,14,18H2,(H,29,30)/t23-/m0/s1. The molecule has 0 spiro atoms. The van der Waals surface area contributed by atoms with E-state index < -0.39 is 0 Å². The Morgan fingerprint density at radius 3 is 2.81 bits per heavy atom. The van der Waals surface area contributed by atoms with E-state index in [1.165, 1.54) is 5.69 Å². The Balaban J connectivity index is 1.34. The maximum Gasteiger partial charge on any atom is 0.140 e. The molecule has 1 fully saturated rings. The molecule has 1 aliphatic rings. The molecule has 0 aromatic carbocycles. The minimum Gasteiger partial charge on any atom is -0.339 e. The molecule has 7 heteroatoms. The molecule has 32 heavy (non-hydrogen) atoms. The van der Waals surface area contributed by atoms with Crippen LogP contribution < -0.4 is 5.32 Å². The molecule has 4 aromatic heterocycles. The number of aromatic nitrogens is 4. The van der Waals surface area contributed by atoms with Crippen LogP contribution in [0.5, 0.6) is 0 Å². The molecule has 0 aliphatic carbocycles. The van der Waals surface area contributed by atoms with E-state index >= 15 is 0 Å². The summed E-state index contributed by atoms with van der Waals surface area (Å²) >= 11 is 0. The maximum absolute atomic E-state index is 8.92.